The first kappa shape index (κ1) is 11.5. The van der Waals surface area contributed by atoms with E-state index in [2.05, 4.69) is 32.3 Å². The summed E-state index contributed by atoms with van der Waals surface area (Å²) >= 11 is 1.72. The Morgan fingerprint density at radius 1 is 1.39 bits per heavy atom. The van der Waals surface area contributed by atoms with Gasteiger partial charge >= 0.3 is 0 Å². The standard InChI is InChI=1S/C13H14N4S/c1-2-6-11(7-3-1)18-13-15-12(16-17-13)10-5-4-8-14-9-10/h2,4-6,8-9,11H,1,3,7H2,(H,15,16,17). The fourth-order valence-corrected chi connectivity index (χ4v) is 2.93. The van der Waals surface area contributed by atoms with Crippen molar-refractivity contribution in [2.45, 2.75) is 29.7 Å². The average Bonchev–Trinajstić information content (AvgIpc) is 2.89. The zero-order valence-electron chi connectivity index (χ0n) is 9.91. The summed E-state index contributed by atoms with van der Waals surface area (Å²) in [5.74, 6) is 0.783. The van der Waals surface area contributed by atoms with Gasteiger partial charge in [-0.25, -0.2) is 4.98 Å². The van der Waals surface area contributed by atoms with Gasteiger partial charge in [0.05, 0.1) is 0 Å². The molecule has 0 radical (unpaired) electrons. The molecule has 18 heavy (non-hydrogen) atoms. The highest BCUT2D eigenvalue weighted by molar-refractivity contribution is 7.99. The normalized spacial score (nSPS) is 19.0. The van der Waals surface area contributed by atoms with E-state index < -0.39 is 0 Å². The second-order valence-corrected chi connectivity index (χ2v) is 5.43. The number of aromatic amines is 1. The Hall–Kier alpha value is -1.62. The van der Waals surface area contributed by atoms with Gasteiger partial charge in [-0.1, -0.05) is 23.9 Å². The fraction of sp³-hybridized carbons (Fsp3) is 0.308. The van der Waals surface area contributed by atoms with Crippen molar-refractivity contribution < 1.29 is 0 Å². The quantitative estimate of drug-likeness (QED) is 0.860. The number of aromatic nitrogens is 4. The van der Waals surface area contributed by atoms with Gasteiger partial charge in [0.2, 0.25) is 5.16 Å². The lowest BCUT2D eigenvalue weighted by molar-refractivity contribution is 0.739. The number of H-pyrrole nitrogens is 1. The number of pyridine rings is 1. The van der Waals surface area contributed by atoms with Crippen LogP contribution in [0.1, 0.15) is 19.3 Å². The van der Waals surface area contributed by atoms with Crippen LogP contribution in [0.3, 0.4) is 0 Å². The molecule has 0 aliphatic heterocycles. The van der Waals surface area contributed by atoms with Gasteiger partial charge in [0.25, 0.3) is 0 Å². The summed E-state index contributed by atoms with van der Waals surface area (Å²) in [6.07, 6.45) is 11.7. The van der Waals surface area contributed by atoms with Gasteiger partial charge in [-0.3, -0.25) is 10.1 Å². The van der Waals surface area contributed by atoms with E-state index in [9.17, 15) is 0 Å². The topological polar surface area (TPSA) is 54.5 Å². The van der Waals surface area contributed by atoms with Gasteiger partial charge in [-0.15, -0.1) is 5.10 Å². The van der Waals surface area contributed by atoms with Crippen LogP contribution in [0.15, 0.2) is 41.8 Å². The highest BCUT2D eigenvalue weighted by Gasteiger charge is 2.13. The van der Waals surface area contributed by atoms with Crippen LogP contribution >= 0.6 is 11.8 Å². The number of nitrogens with one attached hydrogen (secondary N) is 1. The van der Waals surface area contributed by atoms with E-state index in [0.717, 1.165) is 16.5 Å². The van der Waals surface area contributed by atoms with E-state index >= 15 is 0 Å². The lowest BCUT2D eigenvalue weighted by Crippen LogP contribution is -2.02. The Labute approximate surface area is 110 Å². The number of hydrogen-bond donors (Lipinski definition) is 1. The third kappa shape index (κ3) is 2.61. The van der Waals surface area contributed by atoms with Crippen LogP contribution < -0.4 is 0 Å². The van der Waals surface area contributed by atoms with E-state index in [4.69, 9.17) is 0 Å². The van der Waals surface area contributed by atoms with Gasteiger partial charge < -0.3 is 0 Å². The molecule has 1 aliphatic carbocycles. The summed E-state index contributed by atoms with van der Waals surface area (Å²) in [5, 5.41) is 8.54. The van der Waals surface area contributed by atoms with E-state index in [1.807, 2.05) is 12.1 Å². The van der Waals surface area contributed by atoms with E-state index in [1.54, 1.807) is 24.2 Å². The molecule has 0 saturated heterocycles. The maximum atomic E-state index is 4.50. The molecule has 3 rings (SSSR count). The Balaban J connectivity index is 1.73. The molecule has 1 atom stereocenters. The predicted octanol–water partition coefficient (Wildman–Crippen LogP) is 3.07. The fourth-order valence-electron chi connectivity index (χ4n) is 1.95. The maximum absolute atomic E-state index is 4.50. The molecule has 0 fully saturated rings. The minimum Gasteiger partial charge on any atom is -0.264 e. The Kier molecular flexibility index (Phi) is 3.41. The number of rotatable bonds is 3. The third-order valence-electron chi connectivity index (χ3n) is 2.87. The second kappa shape index (κ2) is 5.35. The maximum Gasteiger partial charge on any atom is 0.209 e. The first-order valence-electron chi connectivity index (χ1n) is 6.08. The molecule has 1 N–H and O–H groups in total. The third-order valence-corrected chi connectivity index (χ3v) is 3.96. The molecule has 1 unspecified atom stereocenters. The summed E-state index contributed by atoms with van der Waals surface area (Å²) in [6, 6.07) is 3.87. The number of hydrogen-bond acceptors (Lipinski definition) is 4. The van der Waals surface area contributed by atoms with Crippen molar-refractivity contribution in [3.8, 4) is 11.4 Å². The van der Waals surface area contributed by atoms with Gasteiger partial charge in [0.1, 0.15) is 0 Å². The van der Waals surface area contributed by atoms with Crippen LogP contribution in [0.5, 0.6) is 0 Å². The largest absolute Gasteiger partial charge is 0.264 e. The Morgan fingerprint density at radius 2 is 2.39 bits per heavy atom. The smallest absolute Gasteiger partial charge is 0.209 e. The molecule has 1 aliphatic rings. The molecule has 5 heteroatoms. The molecule has 2 aromatic heterocycles. The predicted molar refractivity (Wildman–Crippen MR) is 72.2 cm³/mol. The molecule has 4 nitrogen and oxygen atoms in total. The molecule has 0 spiro atoms. The van der Waals surface area contributed by atoms with Crippen molar-refractivity contribution in [1.82, 2.24) is 20.2 Å². The monoisotopic (exact) mass is 258 g/mol. The lowest BCUT2D eigenvalue weighted by Gasteiger charge is -2.12. The second-order valence-electron chi connectivity index (χ2n) is 4.22. The molecule has 92 valence electrons. The Morgan fingerprint density at radius 3 is 3.17 bits per heavy atom. The highest BCUT2D eigenvalue weighted by Crippen LogP contribution is 2.28. The van der Waals surface area contributed by atoms with Crippen molar-refractivity contribution in [3.63, 3.8) is 0 Å². The minimum absolute atomic E-state index is 0.510. The van der Waals surface area contributed by atoms with Crippen LogP contribution in [0.2, 0.25) is 0 Å². The van der Waals surface area contributed by atoms with Crippen molar-refractivity contribution in [2.24, 2.45) is 0 Å². The average molecular weight is 258 g/mol. The SMILES string of the molecule is C1=CC(Sc2n[nH]c(-c3cccnc3)n2)CCC1. The summed E-state index contributed by atoms with van der Waals surface area (Å²) < 4.78 is 0. The number of nitrogens with zero attached hydrogens (tertiary/aromatic N) is 3. The Bertz CT molecular complexity index is 535. The molecule has 0 bridgehead atoms. The van der Waals surface area contributed by atoms with Crippen LogP contribution in [-0.4, -0.2) is 25.4 Å². The molecular weight excluding hydrogens is 244 g/mol. The van der Waals surface area contributed by atoms with Crippen LogP contribution in [0, 0.1) is 0 Å². The molecular formula is C13H14N4S. The van der Waals surface area contributed by atoms with Crippen molar-refractivity contribution >= 4 is 11.8 Å². The van der Waals surface area contributed by atoms with Gasteiger partial charge in [0.15, 0.2) is 5.82 Å². The first-order chi connectivity index (χ1) is 8.92. The van der Waals surface area contributed by atoms with E-state index in [-0.39, 0.29) is 0 Å². The number of thioether (sulfide) groups is 1. The van der Waals surface area contributed by atoms with E-state index in [1.165, 1.54) is 19.3 Å². The van der Waals surface area contributed by atoms with Crippen LogP contribution in [0.25, 0.3) is 11.4 Å². The van der Waals surface area contributed by atoms with Crippen molar-refractivity contribution in [1.29, 1.82) is 0 Å². The summed E-state index contributed by atoms with van der Waals surface area (Å²) in [7, 11) is 0. The highest BCUT2D eigenvalue weighted by atomic mass is 32.2. The van der Waals surface area contributed by atoms with Crippen LogP contribution in [-0.2, 0) is 0 Å². The summed E-state index contributed by atoms with van der Waals surface area (Å²) in [5.41, 5.74) is 0.969. The van der Waals surface area contributed by atoms with Crippen molar-refractivity contribution in [3.05, 3.63) is 36.7 Å². The van der Waals surface area contributed by atoms with Gasteiger partial charge in [-0.05, 0) is 31.4 Å². The van der Waals surface area contributed by atoms with Gasteiger partial charge in [-0.2, -0.15) is 0 Å². The van der Waals surface area contributed by atoms with Gasteiger partial charge in [0, 0.05) is 23.2 Å². The lowest BCUT2D eigenvalue weighted by atomic mass is 10.1. The zero-order chi connectivity index (χ0) is 12.2. The summed E-state index contributed by atoms with van der Waals surface area (Å²) in [4.78, 5) is 8.58. The molecule has 2 heterocycles. The van der Waals surface area contributed by atoms with Crippen molar-refractivity contribution in [2.75, 3.05) is 0 Å². The molecule has 0 aromatic carbocycles. The van der Waals surface area contributed by atoms with E-state index in [0.29, 0.717) is 5.25 Å². The molecule has 0 saturated carbocycles. The zero-order valence-corrected chi connectivity index (χ0v) is 10.7. The summed E-state index contributed by atoms with van der Waals surface area (Å²) in [6.45, 7) is 0. The number of allylic oxidation sites excluding steroid dienone is 1. The minimum atomic E-state index is 0.510. The molecule has 2 aromatic rings. The van der Waals surface area contributed by atoms with Crippen LogP contribution in [0.4, 0.5) is 0 Å². The first-order valence-corrected chi connectivity index (χ1v) is 6.96. The molecule has 0 amide bonds.